The molecular weight excluding hydrogens is 276 g/mol. The first-order chi connectivity index (χ1) is 9.36. The van der Waals surface area contributed by atoms with Crippen molar-refractivity contribution in [3.63, 3.8) is 0 Å². The quantitative estimate of drug-likeness (QED) is 0.445. The van der Waals surface area contributed by atoms with Crippen molar-refractivity contribution in [1.82, 2.24) is 9.21 Å². The zero-order valence-corrected chi connectivity index (χ0v) is 13.7. The summed E-state index contributed by atoms with van der Waals surface area (Å²) in [6.07, 6.45) is 3.02. The maximum Gasteiger partial charge on any atom is 0.213 e. The first-order valence-corrected chi connectivity index (χ1v) is 8.96. The molecule has 1 aliphatic rings. The van der Waals surface area contributed by atoms with Crippen LogP contribution in [0, 0.1) is 5.92 Å². The Kier molecular flexibility index (Phi) is 6.75. The number of likely N-dealkylation sites (tertiary alicyclic amines) is 1. The van der Waals surface area contributed by atoms with E-state index in [1.807, 2.05) is 0 Å². The molecule has 2 N–H and O–H groups in total. The van der Waals surface area contributed by atoms with E-state index in [1.54, 1.807) is 14.0 Å². The molecule has 0 unspecified atom stereocenters. The zero-order valence-electron chi connectivity index (χ0n) is 12.9. The van der Waals surface area contributed by atoms with E-state index >= 15 is 0 Å². The lowest BCUT2D eigenvalue weighted by molar-refractivity contribution is 0.277. The van der Waals surface area contributed by atoms with E-state index in [4.69, 9.17) is 5.73 Å². The van der Waals surface area contributed by atoms with Gasteiger partial charge in [-0.15, -0.1) is 0 Å². The largest absolute Gasteiger partial charge is 0.370 e. The molecule has 0 aromatic rings. The summed E-state index contributed by atoms with van der Waals surface area (Å²) in [5, 5.41) is 0. The van der Waals surface area contributed by atoms with Gasteiger partial charge in [0.05, 0.1) is 5.75 Å². The molecule has 1 rings (SSSR count). The Hall–Kier alpha value is -0.820. The fourth-order valence-corrected chi connectivity index (χ4v) is 3.03. The van der Waals surface area contributed by atoms with Crippen molar-refractivity contribution in [3.8, 4) is 0 Å². The third-order valence-corrected chi connectivity index (χ3v) is 5.71. The van der Waals surface area contributed by atoms with Crippen LogP contribution in [0.15, 0.2) is 4.99 Å². The molecule has 1 heterocycles. The molecule has 0 amide bonds. The van der Waals surface area contributed by atoms with Crippen molar-refractivity contribution in [2.45, 2.75) is 33.1 Å². The molecule has 20 heavy (non-hydrogen) atoms. The summed E-state index contributed by atoms with van der Waals surface area (Å²) in [4.78, 5) is 6.47. The van der Waals surface area contributed by atoms with Crippen molar-refractivity contribution in [2.75, 3.05) is 39.0 Å². The van der Waals surface area contributed by atoms with Gasteiger partial charge in [0.1, 0.15) is 0 Å². The van der Waals surface area contributed by atoms with Crippen molar-refractivity contribution >= 4 is 16.0 Å². The first-order valence-electron chi connectivity index (χ1n) is 7.35. The molecule has 0 aliphatic carbocycles. The summed E-state index contributed by atoms with van der Waals surface area (Å²) in [5.41, 5.74) is 5.97. The molecule has 7 heteroatoms. The Bertz CT molecular complexity index is 414. The number of hydrogen-bond acceptors (Lipinski definition) is 3. The topological polar surface area (TPSA) is 79.0 Å². The van der Waals surface area contributed by atoms with E-state index in [0.29, 0.717) is 25.5 Å². The molecule has 0 bridgehead atoms. The van der Waals surface area contributed by atoms with E-state index in [1.165, 1.54) is 4.31 Å². The number of nitrogens with zero attached hydrogens (tertiary/aromatic N) is 3. The molecule has 6 nitrogen and oxygen atoms in total. The Morgan fingerprint density at radius 1 is 1.40 bits per heavy atom. The fraction of sp³-hybridized carbons (Fsp3) is 0.923. The standard InChI is InChI=1S/C13H28N4O2S/c1-4-20(18,19)16(3)9-5-8-15-13(14)17-10-6-12(2)7-11-17/h12H,4-11H2,1-3H3,(H2,14,15). The first kappa shape index (κ1) is 17.2. The smallest absolute Gasteiger partial charge is 0.213 e. The van der Waals surface area contributed by atoms with Gasteiger partial charge < -0.3 is 10.6 Å². The summed E-state index contributed by atoms with van der Waals surface area (Å²) in [5.74, 6) is 1.51. The number of hydrogen-bond donors (Lipinski definition) is 1. The number of sulfonamides is 1. The molecule has 0 radical (unpaired) electrons. The maximum atomic E-state index is 11.6. The van der Waals surface area contributed by atoms with Gasteiger partial charge in [-0.3, -0.25) is 4.99 Å². The SMILES string of the molecule is CCS(=O)(=O)N(C)CCCN=C(N)N1CCC(C)CC1. The third kappa shape index (κ3) is 5.28. The van der Waals surface area contributed by atoms with E-state index < -0.39 is 10.0 Å². The lowest BCUT2D eigenvalue weighted by Gasteiger charge is -2.31. The van der Waals surface area contributed by atoms with Gasteiger partial charge in [-0.05, 0) is 32.1 Å². The van der Waals surface area contributed by atoms with Gasteiger partial charge in [0.25, 0.3) is 0 Å². The van der Waals surface area contributed by atoms with E-state index in [9.17, 15) is 8.42 Å². The zero-order chi connectivity index (χ0) is 15.2. The molecule has 118 valence electrons. The van der Waals surface area contributed by atoms with Gasteiger partial charge >= 0.3 is 0 Å². The highest BCUT2D eigenvalue weighted by Crippen LogP contribution is 2.15. The predicted molar refractivity (Wildman–Crippen MR) is 83.2 cm³/mol. The second-order valence-corrected chi connectivity index (χ2v) is 7.85. The van der Waals surface area contributed by atoms with Crippen LogP contribution in [0.4, 0.5) is 0 Å². The molecule has 1 aliphatic heterocycles. The van der Waals surface area contributed by atoms with Crippen LogP contribution in [0.25, 0.3) is 0 Å². The van der Waals surface area contributed by atoms with Crippen LogP contribution in [-0.2, 0) is 10.0 Å². The predicted octanol–water partition coefficient (Wildman–Crippen LogP) is 0.705. The molecular formula is C13H28N4O2S. The lowest BCUT2D eigenvalue weighted by atomic mass is 10.00. The molecule has 1 fully saturated rings. The summed E-state index contributed by atoms with van der Waals surface area (Å²) < 4.78 is 24.5. The Morgan fingerprint density at radius 2 is 2.00 bits per heavy atom. The highest BCUT2D eigenvalue weighted by atomic mass is 32.2. The second kappa shape index (κ2) is 7.83. The van der Waals surface area contributed by atoms with Crippen molar-refractivity contribution < 1.29 is 8.42 Å². The number of piperidine rings is 1. The van der Waals surface area contributed by atoms with Gasteiger partial charge in [0.15, 0.2) is 5.96 Å². The average molecular weight is 304 g/mol. The minimum absolute atomic E-state index is 0.140. The van der Waals surface area contributed by atoms with Crippen LogP contribution in [-0.4, -0.2) is 62.6 Å². The van der Waals surface area contributed by atoms with Crippen LogP contribution in [0.1, 0.15) is 33.1 Å². The Balaban J connectivity index is 2.30. The highest BCUT2D eigenvalue weighted by molar-refractivity contribution is 7.89. The van der Waals surface area contributed by atoms with E-state index in [-0.39, 0.29) is 5.75 Å². The van der Waals surface area contributed by atoms with Crippen LogP contribution < -0.4 is 5.73 Å². The molecule has 0 spiro atoms. The minimum Gasteiger partial charge on any atom is -0.370 e. The highest BCUT2D eigenvalue weighted by Gasteiger charge is 2.17. The number of nitrogens with two attached hydrogens (primary N) is 1. The fourth-order valence-electron chi connectivity index (χ4n) is 2.18. The molecule has 1 saturated heterocycles. The summed E-state index contributed by atoms with van der Waals surface area (Å²) in [6.45, 7) is 6.92. The summed E-state index contributed by atoms with van der Waals surface area (Å²) in [6, 6.07) is 0. The van der Waals surface area contributed by atoms with E-state index in [2.05, 4.69) is 16.8 Å². The number of aliphatic imine (C=N–C) groups is 1. The summed E-state index contributed by atoms with van der Waals surface area (Å²) in [7, 11) is -1.47. The molecule has 0 aromatic heterocycles. The third-order valence-electron chi connectivity index (χ3n) is 3.85. The monoisotopic (exact) mass is 304 g/mol. The van der Waals surface area contributed by atoms with Gasteiger partial charge in [-0.1, -0.05) is 6.92 Å². The van der Waals surface area contributed by atoms with Crippen molar-refractivity contribution in [3.05, 3.63) is 0 Å². The maximum absolute atomic E-state index is 11.6. The number of rotatable bonds is 6. The van der Waals surface area contributed by atoms with Crippen LogP contribution >= 0.6 is 0 Å². The van der Waals surface area contributed by atoms with Gasteiger partial charge in [0, 0.05) is 33.2 Å². The average Bonchev–Trinajstić information content (AvgIpc) is 2.43. The van der Waals surface area contributed by atoms with E-state index in [0.717, 1.165) is 31.8 Å². The second-order valence-electron chi connectivity index (χ2n) is 5.49. The Morgan fingerprint density at radius 3 is 2.55 bits per heavy atom. The Labute approximate surface area is 123 Å². The van der Waals surface area contributed by atoms with Crippen LogP contribution in [0.3, 0.4) is 0 Å². The minimum atomic E-state index is -3.08. The molecule has 0 aromatic carbocycles. The van der Waals surface area contributed by atoms with Gasteiger partial charge in [0.2, 0.25) is 10.0 Å². The number of guanidine groups is 1. The van der Waals surface area contributed by atoms with Crippen molar-refractivity contribution in [1.29, 1.82) is 0 Å². The van der Waals surface area contributed by atoms with Crippen molar-refractivity contribution in [2.24, 2.45) is 16.6 Å². The van der Waals surface area contributed by atoms with Crippen LogP contribution in [0.5, 0.6) is 0 Å². The normalized spacial score (nSPS) is 18.8. The summed E-state index contributed by atoms with van der Waals surface area (Å²) >= 11 is 0. The van der Waals surface area contributed by atoms with Crippen LogP contribution in [0.2, 0.25) is 0 Å². The lowest BCUT2D eigenvalue weighted by Crippen LogP contribution is -2.42. The van der Waals surface area contributed by atoms with Gasteiger partial charge in [-0.25, -0.2) is 12.7 Å². The molecule has 0 atom stereocenters. The van der Waals surface area contributed by atoms with Gasteiger partial charge in [-0.2, -0.15) is 0 Å². The molecule has 0 saturated carbocycles.